The summed E-state index contributed by atoms with van der Waals surface area (Å²) in [7, 11) is 0. The molecule has 4 heteroatoms. The van der Waals surface area contributed by atoms with E-state index in [1.807, 2.05) is 19.9 Å². The van der Waals surface area contributed by atoms with E-state index in [1.54, 1.807) is 18.2 Å². The Morgan fingerprint density at radius 3 is 2.61 bits per heavy atom. The van der Waals surface area contributed by atoms with Crippen LogP contribution in [0.1, 0.15) is 23.9 Å². The molecule has 90 valence electrons. The van der Waals surface area contributed by atoms with Gasteiger partial charge in [0.05, 0.1) is 5.56 Å². The first kappa shape index (κ1) is 12.2. The van der Waals surface area contributed by atoms with Gasteiger partial charge >= 0.3 is 0 Å². The van der Waals surface area contributed by atoms with E-state index in [1.165, 1.54) is 6.07 Å². The maximum atomic E-state index is 13.7. The Hall–Kier alpha value is -2.28. The molecular formula is C14H12FN3. The second kappa shape index (κ2) is 4.92. The first-order valence-electron chi connectivity index (χ1n) is 5.70. The molecule has 0 aliphatic rings. The first-order valence-corrected chi connectivity index (χ1v) is 5.70. The maximum Gasteiger partial charge on any atom is 0.163 e. The Morgan fingerprint density at radius 1 is 1.28 bits per heavy atom. The van der Waals surface area contributed by atoms with Crippen molar-refractivity contribution in [3.8, 4) is 17.5 Å². The zero-order valence-corrected chi connectivity index (χ0v) is 10.2. The maximum absolute atomic E-state index is 13.7. The van der Waals surface area contributed by atoms with E-state index in [4.69, 9.17) is 5.26 Å². The third-order valence-corrected chi connectivity index (χ3v) is 2.79. The summed E-state index contributed by atoms with van der Waals surface area (Å²) in [5.74, 6) is -0.121. The van der Waals surface area contributed by atoms with Gasteiger partial charge in [0.1, 0.15) is 17.6 Å². The van der Waals surface area contributed by atoms with Gasteiger partial charge in [0.2, 0.25) is 0 Å². The smallest absolute Gasteiger partial charge is 0.163 e. The quantitative estimate of drug-likeness (QED) is 0.812. The number of aromatic nitrogens is 2. The van der Waals surface area contributed by atoms with Crippen LogP contribution in [-0.2, 0) is 6.42 Å². The molecule has 2 aromatic rings. The van der Waals surface area contributed by atoms with Crippen molar-refractivity contribution >= 4 is 0 Å². The van der Waals surface area contributed by atoms with Crippen molar-refractivity contribution in [1.82, 2.24) is 9.97 Å². The molecule has 3 nitrogen and oxygen atoms in total. The van der Waals surface area contributed by atoms with Gasteiger partial charge in [-0.3, -0.25) is 0 Å². The largest absolute Gasteiger partial charge is 0.233 e. The van der Waals surface area contributed by atoms with Crippen molar-refractivity contribution in [3.63, 3.8) is 0 Å². The van der Waals surface area contributed by atoms with Gasteiger partial charge in [-0.25, -0.2) is 14.4 Å². The molecule has 0 aliphatic heterocycles. The van der Waals surface area contributed by atoms with E-state index in [0.29, 0.717) is 17.7 Å². The Morgan fingerprint density at radius 2 is 2.00 bits per heavy atom. The molecule has 0 saturated heterocycles. The van der Waals surface area contributed by atoms with Crippen LogP contribution >= 0.6 is 0 Å². The fourth-order valence-electron chi connectivity index (χ4n) is 1.87. The van der Waals surface area contributed by atoms with Gasteiger partial charge in [0.25, 0.3) is 0 Å². The summed E-state index contributed by atoms with van der Waals surface area (Å²) in [5, 5.41) is 9.08. The third kappa shape index (κ3) is 2.07. The fourth-order valence-corrected chi connectivity index (χ4v) is 1.87. The molecule has 0 spiro atoms. The average molecular weight is 241 g/mol. The van der Waals surface area contributed by atoms with E-state index < -0.39 is 0 Å². The summed E-state index contributed by atoms with van der Waals surface area (Å²) < 4.78 is 13.7. The first-order chi connectivity index (χ1) is 8.67. The molecule has 1 aromatic carbocycles. The monoisotopic (exact) mass is 241 g/mol. The number of benzene rings is 1. The molecule has 1 heterocycles. The zero-order chi connectivity index (χ0) is 13.1. The van der Waals surface area contributed by atoms with Gasteiger partial charge in [0, 0.05) is 11.3 Å². The Kier molecular flexibility index (Phi) is 3.33. The van der Waals surface area contributed by atoms with Crippen molar-refractivity contribution in [1.29, 1.82) is 5.26 Å². The molecule has 0 N–H and O–H groups in total. The Bertz CT molecular complexity index is 629. The molecule has 0 saturated carbocycles. The predicted molar refractivity (Wildman–Crippen MR) is 66.3 cm³/mol. The van der Waals surface area contributed by atoms with Crippen LogP contribution in [0.2, 0.25) is 0 Å². The minimum atomic E-state index is -0.384. The van der Waals surface area contributed by atoms with E-state index in [9.17, 15) is 4.39 Å². The molecule has 0 unspecified atom stereocenters. The molecule has 2 rings (SSSR count). The molecule has 0 amide bonds. The minimum Gasteiger partial charge on any atom is -0.233 e. The molecule has 18 heavy (non-hydrogen) atoms. The molecule has 0 fully saturated rings. The van der Waals surface area contributed by atoms with Crippen LogP contribution in [0.25, 0.3) is 11.4 Å². The third-order valence-electron chi connectivity index (χ3n) is 2.79. The normalized spacial score (nSPS) is 10.1. The molecule has 0 aliphatic carbocycles. The van der Waals surface area contributed by atoms with Gasteiger partial charge < -0.3 is 0 Å². The summed E-state index contributed by atoms with van der Waals surface area (Å²) in [6.07, 6.45) is 0.687. The lowest BCUT2D eigenvalue weighted by atomic mass is 10.1. The van der Waals surface area contributed by atoms with Crippen LogP contribution in [-0.4, -0.2) is 9.97 Å². The van der Waals surface area contributed by atoms with Crippen LogP contribution in [0.4, 0.5) is 4.39 Å². The van der Waals surface area contributed by atoms with E-state index in [-0.39, 0.29) is 11.6 Å². The highest BCUT2D eigenvalue weighted by Crippen LogP contribution is 2.21. The van der Waals surface area contributed by atoms with Crippen LogP contribution < -0.4 is 0 Å². The molecule has 0 bridgehead atoms. The summed E-state index contributed by atoms with van der Waals surface area (Å²) in [4.78, 5) is 8.42. The van der Waals surface area contributed by atoms with Crippen LogP contribution in [0.15, 0.2) is 24.3 Å². The lowest BCUT2D eigenvalue weighted by molar-refractivity contribution is 0.629. The standard InChI is InChI=1S/C14H12FN3/c1-3-10-9(2)17-14(18-13(10)8-16)11-6-4-5-7-12(11)15/h4-7H,3H2,1-2H3. The molecule has 1 aromatic heterocycles. The lowest BCUT2D eigenvalue weighted by Gasteiger charge is -2.08. The Labute approximate surface area is 105 Å². The van der Waals surface area contributed by atoms with E-state index in [2.05, 4.69) is 9.97 Å². The zero-order valence-electron chi connectivity index (χ0n) is 10.2. The van der Waals surface area contributed by atoms with Crippen molar-refractivity contribution in [2.75, 3.05) is 0 Å². The fraction of sp³-hybridized carbons (Fsp3) is 0.214. The highest BCUT2D eigenvalue weighted by molar-refractivity contribution is 5.57. The second-order valence-electron chi connectivity index (χ2n) is 3.90. The topological polar surface area (TPSA) is 49.6 Å². The van der Waals surface area contributed by atoms with Gasteiger partial charge in [-0.05, 0) is 25.5 Å². The SMILES string of the molecule is CCc1c(C)nc(-c2ccccc2F)nc1C#N. The average Bonchev–Trinajstić information content (AvgIpc) is 2.38. The summed E-state index contributed by atoms with van der Waals surface area (Å²) >= 11 is 0. The molecule has 0 atom stereocenters. The lowest BCUT2D eigenvalue weighted by Crippen LogP contribution is -2.03. The number of hydrogen-bond acceptors (Lipinski definition) is 3. The highest BCUT2D eigenvalue weighted by atomic mass is 19.1. The summed E-state index contributed by atoms with van der Waals surface area (Å²) in [6.45, 7) is 3.75. The molecular weight excluding hydrogens is 229 g/mol. The van der Waals surface area contributed by atoms with Crippen molar-refractivity contribution in [2.45, 2.75) is 20.3 Å². The van der Waals surface area contributed by atoms with E-state index >= 15 is 0 Å². The van der Waals surface area contributed by atoms with Gasteiger partial charge in [-0.2, -0.15) is 5.26 Å². The van der Waals surface area contributed by atoms with Gasteiger partial charge in [-0.1, -0.05) is 19.1 Å². The number of rotatable bonds is 2. The van der Waals surface area contributed by atoms with Crippen LogP contribution in [0.5, 0.6) is 0 Å². The van der Waals surface area contributed by atoms with Crippen molar-refractivity contribution in [3.05, 3.63) is 47.0 Å². The second-order valence-corrected chi connectivity index (χ2v) is 3.90. The van der Waals surface area contributed by atoms with Crippen molar-refractivity contribution in [2.24, 2.45) is 0 Å². The number of aryl methyl sites for hydroxylation is 1. The van der Waals surface area contributed by atoms with Crippen LogP contribution in [0, 0.1) is 24.1 Å². The summed E-state index contributed by atoms with van der Waals surface area (Å²) in [6, 6.07) is 8.33. The van der Waals surface area contributed by atoms with Gasteiger partial charge in [-0.15, -0.1) is 0 Å². The Balaban J connectivity index is 2.65. The summed E-state index contributed by atoms with van der Waals surface area (Å²) in [5.41, 5.74) is 2.18. The predicted octanol–water partition coefficient (Wildman–Crippen LogP) is 3.03. The molecule has 0 radical (unpaired) electrons. The number of nitrogens with zero attached hydrogens (tertiary/aromatic N) is 3. The van der Waals surface area contributed by atoms with E-state index in [0.717, 1.165) is 11.3 Å². The van der Waals surface area contributed by atoms with Crippen molar-refractivity contribution < 1.29 is 4.39 Å². The van der Waals surface area contributed by atoms with Crippen LogP contribution in [0.3, 0.4) is 0 Å². The number of nitriles is 1. The minimum absolute atomic E-state index is 0.263. The highest BCUT2D eigenvalue weighted by Gasteiger charge is 2.13. The number of hydrogen-bond donors (Lipinski definition) is 0. The van der Waals surface area contributed by atoms with Gasteiger partial charge in [0.15, 0.2) is 5.82 Å². The number of halogens is 1.